The van der Waals surface area contributed by atoms with Crippen molar-refractivity contribution in [3.63, 3.8) is 0 Å². The van der Waals surface area contributed by atoms with Crippen LogP contribution in [0.4, 0.5) is 15.9 Å². The van der Waals surface area contributed by atoms with Crippen molar-refractivity contribution in [2.45, 2.75) is 26.9 Å². The molecule has 0 radical (unpaired) electrons. The molecule has 4 N–H and O–H groups in total. The fourth-order valence-corrected chi connectivity index (χ4v) is 2.75. The maximum Gasteiger partial charge on any atom is 0.275 e. The first-order chi connectivity index (χ1) is 13.8. The van der Waals surface area contributed by atoms with Crippen LogP contribution >= 0.6 is 0 Å². The quantitative estimate of drug-likeness (QED) is 0.591. The molecule has 0 aliphatic rings. The minimum atomic E-state index is -0.534. The molecule has 1 heterocycles. The highest BCUT2D eigenvalue weighted by Crippen LogP contribution is 2.16. The number of anilines is 2. The third kappa shape index (κ3) is 4.95. The number of halogens is 1. The van der Waals surface area contributed by atoms with Crippen molar-refractivity contribution in [1.82, 2.24) is 20.3 Å². The normalized spacial score (nSPS) is 10.6. The molecule has 2 aromatic carbocycles. The molecule has 2 amide bonds. The van der Waals surface area contributed by atoms with Gasteiger partial charge in [-0.2, -0.15) is 0 Å². The van der Waals surface area contributed by atoms with Crippen LogP contribution in [0.3, 0.4) is 0 Å². The molecule has 0 atom stereocenters. The molecule has 8 nitrogen and oxygen atoms in total. The van der Waals surface area contributed by atoms with E-state index in [-0.39, 0.29) is 36.3 Å². The molecular weight excluding hydrogens is 375 g/mol. The summed E-state index contributed by atoms with van der Waals surface area (Å²) in [5.41, 5.74) is 9.30. The summed E-state index contributed by atoms with van der Waals surface area (Å²) in [6, 6.07) is 11.4. The molecule has 0 saturated carbocycles. The number of nitrogens with one attached hydrogen (secondary N) is 2. The minimum absolute atomic E-state index is 0.0163. The summed E-state index contributed by atoms with van der Waals surface area (Å²) in [5.74, 6) is -1.25. The van der Waals surface area contributed by atoms with Gasteiger partial charge in [0, 0.05) is 12.2 Å². The third-order valence-corrected chi connectivity index (χ3v) is 4.30. The lowest BCUT2D eigenvalue weighted by Crippen LogP contribution is -2.25. The molecule has 3 rings (SSSR count). The maximum absolute atomic E-state index is 12.9. The van der Waals surface area contributed by atoms with Gasteiger partial charge in [0.2, 0.25) is 5.91 Å². The number of amides is 2. The van der Waals surface area contributed by atoms with Gasteiger partial charge in [-0.15, -0.1) is 5.10 Å². The molecule has 1 aromatic heterocycles. The van der Waals surface area contributed by atoms with E-state index in [1.165, 1.54) is 12.1 Å². The first kappa shape index (κ1) is 20.0. The lowest BCUT2D eigenvalue weighted by Gasteiger charge is -2.09. The van der Waals surface area contributed by atoms with Crippen LogP contribution in [0.15, 0.2) is 42.5 Å². The van der Waals surface area contributed by atoms with Crippen LogP contribution in [0.5, 0.6) is 0 Å². The minimum Gasteiger partial charge on any atom is -0.382 e. The summed E-state index contributed by atoms with van der Waals surface area (Å²) in [5, 5.41) is 13.0. The van der Waals surface area contributed by atoms with Crippen molar-refractivity contribution in [3.05, 3.63) is 70.7 Å². The highest BCUT2D eigenvalue weighted by Gasteiger charge is 2.19. The lowest BCUT2D eigenvalue weighted by molar-refractivity contribution is -0.116. The summed E-state index contributed by atoms with van der Waals surface area (Å²) in [6.07, 6.45) is 0. The van der Waals surface area contributed by atoms with E-state index >= 15 is 0 Å². The van der Waals surface area contributed by atoms with E-state index in [2.05, 4.69) is 20.9 Å². The van der Waals surface area contributed by atoms with Crippen LogP contribution in [0, 0.1) is 19.7 Å². The van der Waals surface area contributed by atoms with Gasteiger partial charge < -0.3 is 16.4 Å². The Morgan fingerprint density at radius 1 is 1.14 bits per heavy atom. The average molecular weight is 396 g/mol. The zero-order chi connectivity index (χ0) is 21.0. The SMILES string of the molecule is Cc1ccc(NC(=O)Cn2nnc(C(=O)NCc3ccc(F)cc3)c2N)c(C)c1. The number of nitrogen functional groups attached to an aromatic ring is 1. The predicted octanol–water partition coefficient (Wildman–Crippen LogP) is 2.18. The van der Waals surface area contributed by atoms with Crippen molar-refractivity contribution in [3.8, 4) is 0 Å². The molecular formula is C20H21FN6O2. The van der Waals surface area contributed by atoms with Gasteiger partial charge in [0.15, 0.2) is 11.5 Å². The Labute approximate surface area is 166 Å². The Morgan fingerprint density at radius 3 is 2.55 bits per heavy atom. The monoisotopic (exact) mass is 396 g/mol. The summed E-state index contributed by atoms with van der Waals surface area (Å²) >= 11 is 0. The molecule has 0 spiro atoms. The molecule has 150 valence electrons. The second-order valence-electron chi connectivity index (χ2n) is 6.66. The van der Waals surface area contributed by atoms with Gasteiger partial charge in [0.1, 0.15) is 12.4 Å². The van der Waals surface area contributed by atoms with E-state index in [0.717, 1.165) is 21.4 Å². The number of aryl methyl sites for hydroxylation is 2. The van der Waals surface area contributed by atoms with Crippen LogP contribution in [0.25, 0.3) is 0 Å². The molecule has 0 fully saturated rings. The fourth-order valence-electron chi connectivity index (χ4n) is 2.75. The van der Waals surface area contributed by atoms with Gasteiger partial charge in [-0.1, -0.05) is 35.0 Å². The van der Waals surface area contributed by atoms with E-state index in [1.54, 1.807) is 12.1 Å². The number of hydrogen-bond acceptors (Lipinski definition) is 5. The molecule has 0 unspecified atom stereocenters. The molecule has 9 heteroatoms. The summed E-state index contributed by atoms with van der Waals surface area (Å²) in [6.45, 7) is 3.86. The Hall–Kier alpha value is -3.75. The predicted molar refractivity (Wildman–Crippen MR) is 107 cm³/mol. The van der Waals surface area contributed by atoms with Crippen LogP contribution in [-0.4, -0.2) is 26.8 Å². The Morgan fingerprint density at radius 2 is 1.86 bits per heavy atom. The van der Waals surface area contributed by atoms with Crippen molar-refractivity contribution in [1.29, 1.82) is 0 Å². The van der Waals surface area contributed by atoms with Gasteiger partial charge in [-0.3, -0.25) is 9.59 Å². The zero-order valence-electron chi connectivity index (χ0n) is 16.1. The van der Waals surface area contributed by atoms with Crippen molar-refractivity contribution >= 4 is 23.3 Å². The van der Waals surface area contributed by atoms with Gasteiger partial charge in [0.25, 0.3) is 5.91 Å². The number of carbonyl (C=O) groups is 2. The summed E-state index contributed by atoms with van der Waals surface area (Å²) < 4.78 is 14.1. The Balaban J connectivity index is 1.61. The van der Waals surface area contributed by atoms with Crippen molar-refractivity contribution in [2.24, 2.45) is 0 Å². The molecule has 29 heavy (non-hydrogen) atoms. The maximum atomic E-state index is 12.9. The second-order valence-corrected chi connectivity index (χ2v) is 6.66. The fraction of sp³-hybridized carbons (Fsp3) is 0.200. The number of benzene rings is 2. The van der Waals surface area contributed by atoms with Crippen LogP contribution in [0.2, 0.25) is 0 Å². The van der Waals surface area contributed by atoms with E-state index in [4.69, 9.17) is 5.73 Å². The number of nitrogens with two attached hydrogens (primary N) is 1. The molecule has 0 saturated heterocycles. The highest BCUT2D eigenvalue weighted by molar-refractivity contribution is 5.97. The smallest absolute Gasteiger partial charge is 0.275 e. The Bertz CT molecular complexity index is 1050. The first-order valence-corrected chi connectivity index (χ1v) is 8.92. The standard InChI is InChI=1S/C20H21FN6O2/c1-12-3-8-16(13(2)9-12)24-17(28)11-27-19(22)18(25-26-27)20(29)23-10-14-4-6-15(21)7-5-14/h3-9H,10-11,22H2,1-2H3,(H,23,29)(H,24,28). The topological polar surface area (TPSA) is 115 Å². The van der Waals surface area contributed by atoms with Crippen LogP contribution < -0.4 is 16.4 Å². The van der Waals surface area contributed by atoms with E-state index in [9.17, 15) is 14.0 Å². The largest absolute Gasteiger partial charge is 0.382 e. The lowest BCUT2D eigenvalue weighted by atomic mass is 10.1. The number of nitrogens with zero attached hydrogens (tertiary/aromatic N) is 3. The summed E-state index contributed by atoms with van der Waals surface area (Å²) in [7, 11) is 0. The van der Waals surface area contributed by atoms with Gasteiger partial charge in [-0.25, -0.2) is 9.07 Å². The molecule has 0 aliphatic carbocycles. The van der Waals surface area contributed by atoms with Crippen LogP contribution in [-0.2, 0) is 17.9 Å². The van der Waals surface area contributed by atoms with E-state index in [1.807, 2.05) is 32.0 Å². The molecule has 0 bridgehead atoms. The van der Waals surface area contributed by atoms with Gasteiger partial charge >= 0.3 is 0 Å². The van der Waals surface area contributed by atoms with Gasteiger partial charge in [0.05, 0.1) is 0 Å². The second kappa shape index (κ2) is 8.51. The number of hydrogen-bond donors (Lipinski definition) is 3. The van der Waals surface area contributed by atoms with Gasteiger partial charge in [-0.05, 0) is 43.2 Å². The van der Waals surface area contributed by atoms with Crippen molar-refractivity contribution < 1.29 is 14.0 Å². The number of carbonyl (C=O) groups excluding carboxylic acids is 2. The third-order valence-electron chi connectivity index (χ3n) is 4.30. The molecule has 0 aliphatic heterocycles. The van der Waals surface area contributed by atoms with E-state index in [0.29, 0.717) is 5.69 Å². The number of aromatic nitrogens is 3. The Kier molecular flexibility index (Phi) is 5.87. The first-order valence-electron chi connectivity index (χ1n) is 8.92. The average Bonchev–Trinajstić information content (AvgIpc) is 3.04. The summed E-state index contributed by atoms with van der Waals surface area (Å²) in [4.78, 5) is 24.6. The van der Waals surface area contributed by atoms with Crippen LogP contribution in [0.1, 0.15) is 27.2 Å². The van der Waals surface area contributed by atoms with Crippen molar-refractivity contribution in [2.75, 3.05) is 11.1 Å². The highest BCUT2D eigenvalue weighted by atomic mass is 19.1. The zero-order valence-corrected chi connectivity index (χ0v) is 16.1. The molecule has 3 aromatic rings. The van der Waals surface area contributed by atoms with E-state index < -0.39 is 5.91 Å². The number of rotatable bonds is 6.